The lowest BCUT2D eigenvalue weighted by Gasteiger charge is -2.18. The molecule has 1 amide bonds. The number of aromatic nitrogens is 2. The van der Waals surface area contributed by atoms with Crippen molar-refractivity contribution < 1.29 is 4.79 Å². The number of benzene rings is 2. The molecule has 1 N–H and O–H groups in total. The first-order valence-electron chi connectivity index (χ1n) is 8.19. The second-order valence-corrected chi connectivity index (χ2v) is 6.38. The van der Waals surface area contributed by atoms with Crippen molar-refractivity contribution in [2.75, 3.05) is 17.3 Å². The Morgan fingerprint density at radius 1 is 1.08 bits per heavy atom. The summed E-state index contributed by atoms with van der Waals surface area (Å²) in [6.45, 7) is 2.49. The number of hydrogen-bond donors (Lipinski definition) is 1. The lowest BCUT2D eigenvalue weighted by molar-refractivity contribution is 0.102. The van der Waals surface area contributed by atoms with E-state index in [1.807, 2.05) is 61.3 Å². The van der Waals surface area contributed by atoms with Gasteiger partial charge in [-0.3, -0.25) is 4.79 Å². The van der Waals surface area contributed by atoms with Gasteiger partial charge >= 0.3 is 0 Å². The first-order chi connectivity index (χ1) is 12.5. The molecule has 0 atom stereocenters. The zero-order valence-corrected chi connectivity index (χ0v) is 15.4. The van der Waals surface area contributed by atoms with Crippen molar-refractivity contribution in [1.29, 1.82) is 0 Å². The number of carbonyl (C=O) groups excluding carboxylic acids is 1. The monoisotopic (exact) mass is 366 g/mol. The molecular weight excluding hydrogens is 348 g/mol. The fourth-order valence-electron chi connectivity index (χ4n) is 2.52. The molecule has 0 fully saturated rings. The molecule has 0 aliphatic heterocycles. The first kappa shape index (κ1) is 17.9. The molecule has 5 nitrogen and oxygen atoms in total. The number of para-hydroxylation sites is 1. The Hall–Kier alpha value is -2.92. The van der Waals surface area contributed by atoms with Crippen LogP contribution >= 0.6 is 11.6 Å². The molecule has 0 unspecified atom stereocenters. The summed E-state index contributed by atoms with van der Waals surface area (Å²) in [7, 11) is 1.90. The Morgan fingerprint density at radius 2 is 1.77 bits per heavy atom. The van der Waals surface area contributed by atoms with Crippen molar-refractivity contribution in [3.8, 4) is 0 Å². The van der Waals surface area contributed by atoms with Crippen molar-refractivity contribution >= 4 is 29.1 Å². The third-order valence-corrected chi connectivity index (χ3v) is 4.13. The highest BCUT2D eigenvalue weighted by molar-refractivity contribution is 6.33. The number of hydrogen-bond acceptors (Lipinski definition) is 4. The van der Waals surface area contributed by atoms with Gasteiger partial charge in [0.05, 0.1) is 10.7 Å². The summed E-state index contributed by atoms with van der Waals surface area (Å²) < 4.78 is 0. The van der Waals surface area contributed by atoms with Crippen LogP contribution in [0.5, 0.6) is 0 Å². The number of carbonyl (C=O) groups is 1. The molecule has 132 valence electrons. The van der Waals surface area contributed by atoms with Crippen LogP contribution in [0.15, 0.2) is 60.7 Å². The normalized spacial score (nSPS) is 10.4. The SMILES string of the molecule is Cc1cc(C(=O)Nc2ccccc2Cl)nc(N(C)Cc2ccccc2)n1. The van der Waals surface area contributed by atoms with Gasteiger partial charge in [-0.15, -0.1) is 0 Å². The van der Waals surface area contributed by atoms with Crippen LogP contribution in [0.2, 0.25) is 5.02 Å². The van der Waals surface area contributed by atoms with Crippen LogP contribution in [0, 0.1) is 6.92 Å². The summed E-state index contributed by atoms with van der Waals surface area (Å²) in [5.41, 5.74) is 2.71. The molecule has 6 heteroatoms. The van der Waals surface area contributed by atoms with Gasteiger partial charge in [0.2, 0.25) is 5.95 Å². The molecule has 0 spiro atoms. The quantitative estimate of drug-likeness (QED) is 0.730. The van der Waals surface area contributed by atoms with Crippen molar-refractivity contribution in [1.82, 2.24) is 9.97 Å². The third kappa shape index (κ3) is 4.37. The Balaban J connectivity index is 1.81. The lowest BCUT2D eigenvalue weighted by Crippen LogP contribution is -2.22. The van der Waals surface area contributed by atoms with Gasteiger partial charge in [-0.1, -0.05) is 54.1 Å². The maximum absolute atomic E-state index is 12.6. The molecular formula is C20H19ClN4O. The van der Waals surface area contributed by atoms with E-state index in [1.165, 1.54) is 0 Å². The average molecular weight is 367 g/mol. The summed E-state index contributed by atoms with van der Waals surface area (Å²) in [6.07, 6.45) is 0. The molecule has 2 aromatic carbocycles. The van der Waals surface area contributed by atoms with E-state index < -0.39 is 0 Å². The van der Waals surface area contributed by atoms with Crippen molar-refractivity contribution in [3.63, 3.8) is 0 Å². The zero-order valence-electron chi connectivity index (χ0n) is 14.6. The van der Waals surface area contributed by atoms with Crippen LogP contribution in [0.3, 0.4) is 0 Å². The van der Waals surface area contributed by atoms with Gasteiger partial charge in [0.15, 0.2) is 0 Å². The number of anilines is 2. The second kappa shape index (κ2) is 7.97. The highest BCUT2D eigenvalue weighted by Crippen LogP contribution is 2.21. The summed E-state index contributed by atoms with van der Waals surface area (Å²) in [5, 5.41) is 3.27. The van der Waals surface area contributed by atoms with Crippen LogP contribution in [0.1, 0.15) is 21.7 Å². The molecule has 0 aliphatic carbocycles. The number of halogens is 1. The average Bonchev–Trinajstić information content (AvgIpc) is 2.64. The second-order valence-electron chi connectivity index (χ2n) is 5.97. The van der Waals surface area contributed by atoms with Gasteiger partial charge in [0, 0.05) is 19.3 Å². The van der Waals surface area contributed by atoms with Gasteiger partial charge in [0.1, 0.15) is 5.69 Å². The van der Waals surface area contributed by atoms with E-state index in [0.29, 0.717) is 28.9 Å². The Morgan fingerprint density at radius 3 is 2.50 bits per heavy atom. The van der Waals surface area contributed by atoms with Crippen LogP contribution in [-0.4, -0.2) is 22.9 Å². The van der Waals surface area contributed by atoms with Gasteiger partial charge in [-0.2, -0.15) is 0 Å². The molecule has 0 saturated heterocycles. The van der Waals surface area contributed by atoms with Crippen LogP contribution in [-0.2, 0) is 6.54 Å². The van der Waals surface area contributed by atoms with Crippen LogP contribution < -0.4 is 10.2 Å². The van der Waals surface area contributed by atoms with Crippen molar-refractivity contribution in [2.45, 2.75) is 13.5 Å². The highest BCUT2D eigenvalue weighted by atomic mass is 35.5. The van der Waals surface area contributed by atoms with E-state index in [9.17, 15) is 4.79 Å². The van der Waals surface area contributed by atoms with Gasteiger partial charge in [-0.25, -0.2) is 9.97 Å². The van der Waals surface area contributed by atoms with Gasteiger partial charge in [-0.05, 0) is 30.7 Å². The minimum Gasteiger partial charge on any atom is -0.340 e. The van der Waals surface area contributed by atoms with Crippen LogP contribution in [0.25, 0.3) is 0 Å². The largest absolute Gasteiger partial charge is 0.340 e. The third-order valence-electron chi connectivity index (χ3n) is 3.80. The van der Waals surface area contributed by atoms with Gasteiger partial charge in [0.25, 0.3) is 5.91 Å². The molecule has 0 bridgehead atoms. The Labute approximate surface area is 157 Å². The van der Waals surface area contributed by atoms with Crippen molar-refractivity contribution in [3.05, 3.63) is 82.6 Å². The first-order valence-corrected chi connectivity index (χ1v) is 8.57. The molecule has 0 aliphatic rings. The predicted molar refractivity (Wildman–Crippen MR) is 105 cm³/mol. The van der Waals surface area contributed by atoms with E-state index in [-0.39, 0.29) is 5.91 Å². The zero-order chi connectivity index (χ0) is 18.5. The predicted octanol–water partition coefficient (Wildman–Crippen LogP) is 4.33. The Kier molecular flexibility index (Phi) is 5.49. The minimum atomic E-state index is -0.321. The maximum Gasteiger partial charge on any atom is 0.274 e. The minimum absolute atomic E-state index is 0.298. The number of amides is 1. The molecule has 1 heterocycles. The molecule has 0 saturated carbocycles. The van der Waals surface area contributed by atoms with E-state index in [2.05, 4.69) is 15.3 Å². The van der Waals surface area contributed by atoms with E-state index in [0.717, 1.165) is 11.3 Å². The number of rotatable bonds is 5. The van der Waals surface area contributed by atoms with E-state index in [4.69, 9.17) is 11.6 Å². The summed E-state index contributed by atoms with van der Waals surface area (Å²) in [6, 6.07) is 18.8. The number of nitrogens with one attached hydrogen (secondary N) is 1. The summed E-state index contributed by atoms with van der Waals surface area (Å²) in [5.74, 6) is 0.177. The number of aryl methyl sites for hydroxylation is 1. The van der Waals surface area contributed by atoms with Crippen molar-refractivity contribution in [2.24, 2.45) is 0 Å². The fourth-order valence-corrected chi connectivity index (χ4v) is 2.70. The topological polar surface area (TPSA) is 58.1 Å². The highest BCUT2D eigenvalue weighted by Gasteiger charge is 2.14. The van der Waals surface area contributed by atoms with Gasteiger partial charge < -0.3 is 10.2 Å². The fraction of sp³-hybridized carbons (Fsp3) is 0.150. The van der Waals surface area contributed by atoms with E-state index >= 15 is 0 Å². The standard InChI is InChI=1S/C20H19ClN4O/c1-14-12-18(19(26)23-17-11-7-6-10-16(17)21)24-20(22-14)25(2)13-15-8-4-3-5-9-15/h3-12H,13H2,1-2H3,(H,23,26). The smallest absolute Gasteiger partial charge is 0.274 e. The summed E-state index contributed by atoms with van der Waals surface area (Å²) in [4.78, 5) is 23.3. The Bertz CT molecular complexity index is 915. The van der Waals surface area contributed by atoms with Crippen LogP contribution in [0.4, 0.5) is 11.6 Å². The summed E-state index contributed by atoms with van der Waals surface area (Å²) >= 11 is 6.10. The molecule has 0 radical (unpaired) electrons. The molecule has 1 aromatic heterocycles. The molecule has 26 heavy (non-hydrogen) atoms. The molecule has 3 aromatic rings. The van der Waals surface area contributed by atoms with E-state index in [1.54, 1.807) is 18.2 Å². The molecule has 3 rings (SSSR count). The maximum atomic E-state index is 12.6. The lowest BCUT2D eigenvalue weighted by atomic mass is 10.2. The number of nitrogens with zero attached hydrogens (tertiary/aromatic N) is 3.